The van der Waals surface area contributed by atoms with Crippen LogP contribution in [0.3, 0.4) is 0 Å². The Morgan fingerprint density at radius 2 is 1.77 bits per heavy atom. The molecule has 1 fully saturated rings. The lowest BCUT2D eigenvalue weighted by Crippen LogP contribution is -2.53. The van der Waals surface area contributed by atoms with E-state index in [1.807, 2.05) is 13.8 Å². The van der Waals surface area contributed by atoms with Crippen molar-refractivity contribution in [3.8, 4) is 0 Å². The zero-order chi connectivity index (χ0) is 16.6. The van der Waals surface area contributed by atoms with Crippen LogP contribution in [0.2, 0.25) is 0 Å². The highest BCUT2D eigenvalue weighted by molar-refractivity contribution is 5.87. The fraction of sp³-hybridized carbons (Fsp3) is 0.882. The maximum Gasteiger partial charge on any atom is 0.242 e. The molecule has 0 aromatic heterocycles. The van der Waals surface area contributed by atoms with E-state index in [1.165, 1.54) is 19.3 Å². The van der Waals surface area contributed by atoms with Gasteiger partial charge in [-0.3, -0.25) is 9.59 Å². The summed E-state index contributed by atoms with van der Waals surface area (Å²) in [5, 5.41) is 5.66. The summed E-state index contributed by atoms with van der Waals surface area (Å²) >= 11 is 0. The predicted octanol–water partition coefficient (Wildman–Crippen LogP) is 2.10. The second kappa shape index (κ2) is 9.13. The number of hydrogen-bond acceptors (Lipinski definition) is 3. The normalized spacial score (nSPS) is 17.8. The Hall–Kier alpha value is -1.10. The van der Waals surface area contributed by atoms with Gasteiger partial charge in [-0.2, -0.15) is 0 Å². The minimum absolute atomic E-state index is 0.0143. The summed E-state index contributed by atoms with van der Waals surface area (Å²) in [7, 11) is 0. The zero-order valence-corrected chi connectivity index (χ0v) is 14.4. The lowest BCUT2D eigenvalue weighted by molar-refractivity contribution is -0.129. The molecule has 0 aromatic rings. The van der Waals surface area contributed by atoms with Gasteiger partial charge in [0.1, 0.15) is 6.04 Å². The van der Waals surface area contributed by atoms with Gasteiger partial charge in [-0.1, -0.05) is 33.1 Å². The standard InChI is InChI=1S/C17H33N3O2/c1-4-17(18,5-2)12-19-16(22)13(3)20-15(21)11-14-9-7-6-8-10-14/h13-14H,4-12,18H2,1-3H3,(H,19,22)(H,20,21). The van der Waals surface area contributed by atoms with Gasteiger partial charge in [0.25, 0.3) is 0 Å². The third kappa shape index (κ3) is 6.34. The van der Waals surface area contributed by atoms with Crippen LogP contribution < -0.4 is 16.4 Å². The molecule has 1 aliphatic rings. The lowest BCUT2D eigenvalue weighted by atomic mass is 9.87. The quantitative estimate of drug-likeness (QED) is 0.642. The molecular weight excluding hydrogens is 278 g/mol. The molecule has 2 amide bonds. The Kier molecular flexibility index (Phi) is 7.87. The molecule has 0 saturated heterocycles. The van der Waals surface area contributed by atoms with Crippen LogP contribution in [-0.4, -0.2) is 29.9 Å². The van der Waals surface area contributed by atoms with E-state index in [0.717, 1.165) is 25.7 Å². The monoisotopic (exact) mass is 311 g/mol. The molecule has 5 nitrogen and oxygen atoms in total. The summed E-state index contributed by atoms with van der Waals surface area (Å²) in [5.74, 6) is 0.314. The maximum atomic E-state index is 12.1. The van der Waals surface area contributed by atoms with Gasteiger partial charge in [-0.15, -0.1) is 0 Å². The van der Waals surface area contributed by atoms with Crippen molar-refractivity contribution in [3.63, 3.8) is 0 Å². The Morgan fingerprint density at radius 3 is 2.32 bits per heavy atom. The molecule has 0 aliphatic heterocycles. The SMILES string of the molecule is CCC(N)(CC)CNC(=O)C(C)NC(=O)CC1CCCCC1. The minimum Gasteiger partial charge on any atom is -0.352 e. The first kappa shape index (κ1) is 18.9. The van der Waals surface area contributed by atoms with Gasteiger partial charge < -0.3 is 16.4 Å². The average Bonchev–Trinajstić information content (AvgIpc) is 2.53. The van der Waals surface area contributed by atoms with Crippen LogP contribution in [0.15, 0.2) is 0 Å². The van der Waals surface area contributed by atoms with Gasteiger partial charge in [0.2, 0.25) is 11.8 Å². The first-order valence-corrected chi connectivity index (χ1v) is 8.76. The fourth-order valence-electron chi connectivity index (χ4n) is 2.94. The Morgan fingerprint density at radius 1 is 1.18 bits per heavy atom. The number of carbonyl (C=O) groups is 2. The van der Waals surface area contributed by atoms with Crippen LogP contribution in [0.1, 0.15) is 72.1 Å². The largest absolute Gasteiger partial charge is 0.352 e. The van der Waals surface area contributed by atoms with Crippen molar-refractivity contribution in [2.24, 2.45) is 11.7 Å². The molecule has 1 rings (SSSR count). The molecular formula is C17H33N3O2. The molecule has 1 unspecified atom stereocenters. The zero-order valence-electron chi connectivity index (χ0n) is 14.4. The van der Waals surface area contributed by atoms with Crippen molar-refractivity contribution in [1.82, 2.24) is 10.6 Å². The van der Waals surface area contributed by atoms with Crippen LogP contribution in [0.25, 0.3) is 0 Å². The topological polar surface area (TPSA) is 84.2 Å². The Balaban J connectivity index is 2.32. The van der Waals surface area contributed by atoms with E-state index in [9.17, 15) is 9.59 Å². The van der Waals surface area contributed by atoms with Crippen molar-refractivity contribution in [2.45, 2.75) is 83.7 Å². The Labute approximate surface area is 134 Å². The first-order chi connectivity index (χ1) is 10.4. The average molecular weight is 311 g/mol. The van der Waals surface area contributed by atoms with Gasteiger partial charge in [0.15, 0.2) is 0 Å². The van der Waals surface area contributed by atoms with E-state index in [2.05, 4.69) is 10.6 Å². The second-order valence-corrected chi connectivity index (χ2v) is 6.78. The lowest BCUT2D eigenvalue weighted by Gasteiger charge is -2.28. The molecule has 128 valence electrons. The third-order valence-corrected chi connectivity index (χ3v) is 4.99. The number of hydrogen-bond donors (Lipinski definition) is 3. The van der Waals surface area contributed by atoms with Crippen LogP contribution in [0.5, 0.6) is 0 Å². The number of nitrogens with two attached hydrogens (primary N) is 1. The minimum atomic E-state index is -0.506. The van der Waals surface area contributed by atoms with Crippen molar-refractivity contribution in [2.75, 3.05) is 6.54 Å². The summed E-state index contributed by atoms with van der Waals surface area (Å²) in [6.45, 7) is 6.21. The summed E-state index contributed by atoms with van der Waals surface area (Å²) in [4.78, 5) is 24.1. The van der Waals surface area contributed by atoms with Crippen LogP contribution in [-0.2, 0) is 9.59 Å². The molecule has 22 heavy (non-hydrogen) atoms. The summed E-state index contributed by atoms with van der Waals surface area (Å²) in [5.41, 5.74) is 5.81. The van der Waals surface area contributed by atoms with Gasteiger partial charge in [-0.25, -0.2) is 0 Å². The molecule has 0 bridgehead atoms. The molecule has 0 aromatic carbocycles. The highest BCUT2D eigenvalue weighted by Crippen LogP contribution is 2.26. The van der Waals surface area contributed by atoms with E-state index in [0.29, 0.717) is 18.9 Å². The molecule has 1 atom stereocenters. The number of amides is 2. The summed E-state index contributed by atoms with van der Waals surface area (Å²) in [6, 6.07) is -0.506. The highest BCUT2D eigenvalue weighted by atomic mass is 16.2. The van der Waals surface area contributed by atoms with Gasteiger partial charge in [-0.05, 0) is 38.5 Å². The molecule has 4 N–H and O–H groups in total. The van der Waals surface area contributed by atoms with E-state index in [1.54, 1.807) is 6.92 Å². The highest BCUT2D eigenvalue weighted by Gasteiger charge is 2.24. The maximum absolute atomic E-state index is 12.1. The first-order valence-electron chi connectivity index (χ1n) is 8.76. The van der Waals surface area contributed by atoms with Gasteiger partial charge in [0.05, 0.1) is 0 Å². The molecule has 5 heteroatoms. The molecule has 0 spiro atoms. The van der Waals surface area contributed by atoms with Crippen molar-refractivity contribution < 1.29 is 9.59 Å². The Bertz CT molecular complexity index is 361. The van der Waals surface area contributed by atoms with Gasteiger partial charge in [0, 0.05) is 18.5 Å². The van der Waals surface area contributed by atoms with Crippen LogP contribution in [0.4, 0.5) is 0 Å². The molecule has 0 radical (unpaired) electrons. The smallest absolute Gasteiger partial charge is 0.242 e. The van der Waals surface area contributed by atoms with E-state index >= 15 is 0 Å². The second-order valence-electron chi connectivity index (χ2n) is 6.78. The van der Waals surface area contributed by atoms with E-state index in [-0.39, 0.29) is 17.4 Å². The molecule has 0 heterocycles. The molecule has 1 saturated carbocycles. The predicted molar refractivity (Wildman–Crippen MR) is 89.3 cm³/mol. The molecule has 1 aliphatic carbocycles. The van der Waals surface area contributed by atoms with Crippen molar-refractivity contribution in [3.05, 3.63) is 0 Å². The summed E-state index contributed by atoms with van der Waals surface area (Å²) in [6.07, 6.45) is 8.17. The fourth-order valence-corrected chi connectivity index (χ4v) is 2.94. The van der Waals surface area contributed by atoms with Crippen molar-refractivity contribution in [1.29, 1.82) is 0 Å². The van der Waals surface area contributed by atoms with Crippen molar-refractivity contribution >= 4 is 11.8 Å². The number of carbonyl (C=O) groups excluding carboxylic acids is 2. The van der Waals surface area contributed by atoms with Crippen LogP contribution in [0, 0.1) is 5.92 Å². The van der Waals surface area contributed by atoms with E-state index < -0.39 is 6.04 Å². The van der Waals surface area contributed by atoms with Crippen LogP contribution >= 0.6 is 0 Å². The summed E-state index contributed by atoms with van der Waals surface area (Å²) < 4.78 is 0. The number of nitrogens with one attached hydrogen (secondary N) is 2. The third-order valence-electron chi connectivity index (χ3n) is 4.99. The number of rotatable bonds is 8. The van der Waals surface area contributed by atoms with Gasteiger partial charge >= 0.3 is 0 Å². The van der Waals surface area contributed by atoms with E-state index in [4.69, 9.17) is 5.73 Å².